The van der Waals surface area contributed by atoms with Crippen molar-refractivity contribution >= 4 is 29.1 Å². The van der Waals surface area contributed by atoms with Crippen molar-refractivity contribution in [3.05, 3.63) is 64.4 Å². The summed E-state index contributed by atoms with van der Waals surface area (Å²) in [7, 11) is 0. The molecule has 0 atom stereocenters. The van der Waals surface area contributed by atoms with E-state index in [1.807, 2.05) is 13.0 Å². The molecule has 0 aliphatic carbocycles. The fourth-order valence-electron chi connectivity index (χ4n) is 2.33. The van der Waals surface area contributed by atoms with E-state index in [9.17, 15) is 14.0 Å². The van der Waals surface area contributed by atoms with Crippen LogP contribution in [0, 0.1) is 12.7 Å². The van der Waals surface area contributed by atoms with Gasteiger partial charge in [-0.2, -0.15) is 0 Å². The first-order valence-corrected chi connectivity index (χ1v) is 7.84. The standard InChI is InChI=1S/C18H18ClFN2O2/c1-12-6-7-15(19)11-17(12)22(13(2)23)9-8-21-18(24)14-4-3-5-16(20)10-14/h3-7,10-11H,8-9H2,1-2H3,(H,21,24). The maximum absolute atomic E-state index is 13.1. The van der Waals surface area contributed by atoms with Gasteiger partial charge in [-0.25, -0.2) is 4.39 Å². The van der Waals surface area contributed by atoms with E-state index in [0.717, 1.165) is 5.56 Å². The molecule has 0 saturated carbocycles. The Labute approximate surface area is 145 Å². The van der Waals surface area contributed by atoms with Crippen LogP contribution >= 0.6 is 11.6 Å². The average molecular weight is 349 g/mol. The molecule has 0 bridgehead atoms. The first kappa shape index (κ1) is 17.9. The molecule has 2 amide bonds. The minimum Gasteiger partial charge on any atom is -0.350 e. The number of carbonyl (C=O) groups excluding carboxylic acids is 2. The van der Waals surface area contributed by atoms with Gasteiger partial charge < -0.3 is 10.2 Å². The lowest BCUT2D eigenvalue weighted by atomic mass is 10.1. The third kappa shape index (κ3) is 4.55. The number of benzene rings is 2. The normalized spacial score (nSPS) is 10.3. The maximum Gasteiger partial charge on any atom is 0.251 e. The van der Waals surface area contributed by atoms with E-state index in [2.05, 4.69) is 5.32 Å². The highest BCUT2D eigenvalue weighted by molar-refractivity contribution is 6.31. The molecule has 0 unspecified atom stereocenters. The molecule has 0 aromatic heterocycles. The van der Waals surface area contributed by atoms with E-state index in [4.69, 9.17) is 11.6 Å². The maximum atomic E-state index is 13.1. The Morgan fingerprint density at radius 2 is 1.96 bits per heavy atom. The van der Waals surface area contributed by atoms with Crippen molar-refractivity contribution in [1.82, 2.24) is 5.32 Å². The molecule has 0 heterocycles. The van der Waals surface area contributed by atoms with Gasteiger partial charge in [-0.3, -0.25) is 9.59 Å². The van der Waals surface area contributed by atoms with Crippen LogP contribution in [0.15, 0.2) is 42.5 Å². The fraction of sp³-hybridized carbons (Fsp3) is 0.222. The lowest BCUT2D eigenvalue weighted by Crippen LogP contribution is -2.38. The number of halogens is 2. The Balaban J connectivity index is 2.03. The number of hydrogen-bond donors (Lipinski definition) is 1. The van der Waals surface area contributed by atoms with Crippen LogP contribution in [0.1, 0.15) is 22.8 Å². The summed E-state index contributed by atoms with van der Waals surface area (Å²) in [6.45, 7) is 3.86. The number of amides is 2. The first-order valence-electron chi connectivity index (χ1n) is 7.46. The molecule has 0 aliphatic rings. The van der Waals surface area contributed by atoms with E-state index in [1.165, 1.54) is 31.2 Å². The van der Waals surface area contributed by atoms with Gasteiger partial charge in [0.2, 0.25) is 5.91 Å². The SMILES string of the molecule is CC(=O)N(CCNC(=O)c1cccc(F)c1)c1cc(Cl)ccc1C. The van der Waals surface area contributed by atoms with E-state index in [1.54, 1.807) is 17.0 Å². The molecule has 2 aromatic carbocycles. The van der Waals surface area contributed by atoms with E-state index in [-0.39, 0.29) is 30.5 Å². The van der Waals surface area contributed by atoms with Gasteiger partial charge in [0.15, 0.2) is 0 Å². The van der Waals surface area contributed by atoms with Gasteiger partial charge >= 0.3 is 0 Å². The van der Waals surface area contributed by atoms with E-state index >= 15 is 0 Å². The quantitative estimate of drug-likeness (QED) is 0.898. The van der Waals surface area contributed by atoms with Crippen LogP contribution in [0.5, 0.6) is 0 Å². The second-order valence-corrected chi connectivity index (χ2v) is 5.80. The molecule has 0 fully saturated rings. The molecule has 4 nitrogen and oxygen atoms in total. The molecule has 1 N–H and O–H groups in total. The minimum absolute atomic E-state index is 0.152. The van der Waals surface area contributed by atoms with Gasteiger partial charge in [-0.15, -0.1) is 0 Å². The molecule has 24 heavy (non-hydrogen) atoms. The summed E-state index contributed by atoms with van der Waals surface area (Å²) in [5.41, 5.74) is 1.85. The zero-order chi connectivity index (χ0) is 17.7. The zero-order valence-corrected chi connectivity index (χ0v) is 14.2. The third-order valence-corrected chi connectivity index (χ3v) is 3.78. The molecular formula is C18H18ClFN2O2. The molecule has 2 aromatic rings. The lowest BCUT2D eigenvalue weighted by Gasteiger charge is -2.23. The third-order valence-electron chi connectivity index (χ3n) is 3.55. The number of nitrogens with one attached hydrogen (secondary N) is 1. The second kappa shape index (κ2) is 7.93. The lowest BCUT2D eigenvalue weighted by molar-refractivity contribution is -0.116. The van der Waals surface area contributed by atoms with Gasteiger partial charge in [-0.1, -0.05) is 23.7 Å². The monoisotopic (exact) mass is 348 g/mol. The number of anilines is 1. The molecule has 2 rings (SSSR count). The van der Waals surface area contributed by atoms with Gasteiger partial charge in [-0.05, 0) is 42.8 Å². The number of nitrogens with zero attached hydrogens (tertiary/aromatic N) is 1. The Hall–Kier alpha value is -2.40. The summed E-state index contributed by atoms with van der Waals surface area (Å²) in [5.74, 6) is -1.01. The molecular weight excluding hydrogens is 331 g/mol. The van der Waals surface area contributed by atoms with E-state index in [0.29, 0.717) is 10.7 Å². The van der Waals surface area contributed by atoms with Crippen molar-refractivity contribution in [1.29, 1.82) is 0 Å². The summed E-state index contributed by atoms with van der Waals surface area (Å²) in [5, 5.41) is 3.22. The molecule has 126 valence electrons. The van der Waals surface area contributed by atoms with Crippen LogP contribution in [0.25, 0.3) is 0 Å². The van der Waals surface area contributed by atoms with Gasteiger partial charge in [0.05, 0.1) is 0 Å². The predicted octanol–water partition coefficient (Wildman–Crippen LogP) is 3.57. The molecule has 6 heteroatoms. The predicted molar refractivity (Wildman–Crippen MR) is 92.9 cm³/mol. The Morgan fingerprint density at radius 3 is 2.62 bits per heavy atom. The average Bonchev–Trinajstić information content (AvgIpc) is 2.53. The van der Waals surface area contributed by atoms with Crippen molar-refractivity contribution in [2.45, 2.75) is 13.8 Å². The number of aryl methyl sites for hydroxylation is 1. The summed E-state index contributed by atoms with van der Waals surface area (Å²) < 4.78 is 13.1. The summed E-state index contributed by atoms with van der Waals surface area (Å²) in [6.07, 6.45) is 0. The summed E-state index contributed by atoms with van der Waals surface area (Å²) in [6, 6.07) is 10.7. The smallest absolute Gasteiger partial charge is 0.251 e. The van der Waals surface area contributed by atoms with Gasteiger partial charge in [0.1, 0.15) is 5.82 Å². The Morgan fingerprint density at radius 1 is 1.21 bits per heavy atom. The van der Waals surface area contributed by atoms with Crippen molar-refractivity contribution in [3.8, 4) is 0 Å². The number of rotatable bonds is 5. The largest absolute Gasteiger partial charge is 0.350 e. The summed E-state index contributed by atoms with van der Waals surface area (Å²) in [4.78, 5) is 25.5. The highest BCUT2D eigenvalue weighted by Crippen LogP contribution is 2.24. The highest BCUT2D eigenvalue weighted by Gasteiger charge is 2.15. The number of carbonyl (C=O) groups is 2. The van der Waals surface area contributed by atoms with Crippen LogP contribution in [-0.2, 0) is 4.79 Å². The topological polar surface area (TPSA) is 49.4 Å². The second-order valence-electron chi connectivity index (χ2n) is 5.37. The van der Waals surface area contributed by atoms with Gasteiger partial charge in [0, 0.05) is 36.3 Å². The van der Waals surface area contributed by atoms with Crippen molar-refractivity contribution < 1.29 is 14.0 Å². The molecule has 0 saturated heterocycles. The van der Waals surface area contributed by atoms with Crippen molar-refractivity contribution in [2.24, 2.45) is 0 Å². The first-order chi connectivity index (χ1) is 11.4. The Bertz CT molecular complexity index is 764. The fourth-order valence-corrected chi connectivity index (χ4v) is 2.50. The van der Waals surface area contributed by atoms with Gasteiger partial charge in [0.25, 0.3) is 5.91 Å². The zero-order valence-electron chi connectivity index (χ0n) is 13.5. The van der Waals surface area contributed by atoms with Crippen LogP contribution in [0.4, 0.5) is 10.1 Å². The number of hydrogen-bond acceptors (Lipinski definition) is 2. The summed E-state index contributed by atoms with van der Waals surface area (Å²) >= 11 is 6.00. The van der Waals surface area contributed by atoms with Crippen LogP contribution in [-0.4, -0.2) is 24.9 Å². The molecule has 0 spiro atoms. The Kier molecular flexibility index (Phi) is 5.93. The highest BCUT2D eigenvalue weighted by atomic mass is 35.5. The molecule has 0 radical (unpaired) electrons. The van der Waals surface area contributed by atoms with Crippen LogP contribution in [0.3, 0.4) is 0 Å². The van der Waals surface area contributed by atoms with Crippen molar-refractivity contribution in [3.63, 3.8) is 0 Å². The minimum atomic E-state index is -0.470. The van der Waals surface area contributed by atoms with Crippen LogP contribution < -0.4 is 10.2 Å². The van der Waals surface area contributed by atoms with E-state index < -0.39 is 5.82 Å². The molecule has 0 aliphatic heterocycles. The van der Waals surface area contributed by atoms with Crippen LogP contribution in [0.2, 0.25) is 5.02 Å². The van der Waals surface area contributed by atoms with Crippen molar-refractivity contribution in [2.75, 3.05) is 18.0 Å².